The number of nitrogens with two attached hydrogens (primary N) is 1. The van der Waals surface area contributed by atoms with Gasteiger partial charge >= 0.3 is 11.9 Å². The Labute approximate surface area is 180 Å². The molecule has 0 amide bonds. The van der Waals surface area contributed by atoms with Crippen LogP contribution in [0.1, 0.15) is 31.8 Å². The fourth-order valence-electron chi connectivity index (χ4n) is 3.52. The van der Waals surface area contributed by atoms with Crippen LogP contribution in [-0.2, 0) is 6.54 Å². The van der Waals surface area contributed by atoms with E-state index in [2.05, 4.69) is 60.7 Å². The third-order valence-electron chi connectivity index (χ3n) is 5.11. The molecule has 0 aromatic heterocycles. The predicted octanol–water partition coefficient (Wildman–Crippen LogP) is 5.36. The second-order valence-electron chi connectivity index (χ2n) is 6.98. The fourth-order valence-corrected chi connectivity index (χ4v) is 3.52. The average molecular weight is 413 g/mol. The van der Waals surface area contributed by atoms with Gasteiger partial charge in [-0.25, -0.2) is 9.59 Å². The molecule has 0 heterocycles. The zero-order chi connectivity index (χ0) is 22.4. The number of hydrogen-bond donors (Lipinski definition) is 3. The minimum atomic E-state index is -1.11. The summed E-state index contributed by atoms with van der Waals surface area (Å²) in [5.41, 5.74) is 9.85. The van der Waals surface area contributed by atoms with Crippen LogP contribution in [0, 0.1) is 6.92 Å². The lowest BCUT2D eigenvalue weighted by atomic mass is 9.95. The highest BCUT2D eigenvalue weighted by Crippen LogP contribution is 2.30. The van der Waals surface area contributed by atoms with E-state index in [1.54, 1.807) is 0 Å². The monoisotopic (exact) mass is 413 g/mol. The van der Waals surface area contributed by atoms with E-state index in [9.17, 15) is 9.59 Å². The molecule has 4 N–H and O–H groups in total. The fraction of sp³-hybridized carbons (Fsp3) is 0.0769. The van der Waals surface area contributed by atoms with Gasteiger partial charge in [0.2, 0.25) is 0 Å². The van der Waals surface area contributed by atoms with E-state index >= 15 is 0 Å². The maximum atomic E-state index is 10.6. The van der Waals surface area contributed by atoms with Crippen molar-refractivity contribution in [2.24, 2.45) is 5.73 Å². The van der Waals surface area contributed by atoms with E-state index in [0.29, 0.717) is 6.54 Å². The van der Waals surface area contributed by atoms with Gasteiger partial charge in [-0.1, -0.05) is 72.8 Å². The number of carbonyl (C=O) groups is 2. The summed E-state index contributed by atoms with van der Waals surface area (Å²) in [7, 11) is 0. The number of carboxylic acids is 2. The van der Waals surface area contributed by atoms with Crippen molar-refractivity contribution in [1.82, 2.24) is 0 Å². The minimum Gasteiger partial charge on any atom is -0.478 e. The molecule has 4 aromatic carbocycles. The first-order valence-electron chi connectivity index (χ1n) is 9.76. The SMILES string of the molecule is Cc1c(C(=O)O)cccc1C(=O)O.NCc1ccccc1-c1cccc2ccccc12. The van der Waals surface area contributed by atoms with Gasteiger partial charge < -0.3 is 15.9 Å². The Kier molecular flexibility index (Phi) is 6.80. The lowest BCUT2D eigenvalue weighted by Gasteiger charge is -2.10. The van der Waals surface area contributed by atoms with Crippen molar-refractivity contribution in [2.45, 2.75) is 13.5 Å². The summed E-state index contributed by atoms with van der Waals surface area (Å²) in [6.45, 7) is 2.05. The highest BCUT2D eigenvalue weighted by Gasteiger charge is 2.13. The van der Waals surface area contributed by atoms with Crippen molar-refractivity contribution in [1.29, 1.82) is 0 Å². The molecule has 0 saturated carbocycles. The molecule has 0 bridgehead atoms. The number of aromatic carboxylic acids is 2. The molecule has 0 atom stereocenters. The topological polar surface area (TPSA) is 101 Å². The zero-order valence-corrected chi connectivity index (χ0v) is 17.1. The van der Waals surface area contributed by atoms with Crippen molar-refractivity contribution in [3.05, 3.63) is 107 Å². The molecule has 31 heavy (non-hydrogen) atoms. The Morgan fingerprint density at radius 2 is 1.23 bits per heavy atom. The normalized spacial score (nSPS) is 10.3. The summed E-state index contributed by atoms with van der Waals surface area (Å²) < 4.78 is 0. The lowest BCUT2D eigenvalue weighted by Crippen LogP contribution is -2.06. The van der Waals surface area contributed by atoms with Gasteiger partial charge in [0.25, 0.3) is 0 Å². The first-order valence-corrected chi connectivity index (χ1v) is 9.76. The molecular formula is C26H23NO4. The van der Waals surface area contributed by atoms with Crippen LogP contribution in [0.15, 0.2) is 84.9 Å². The molecule has 0 aliphatic rings. The average Bonchev–Trinajstić information content (AvgIpc) is 2.79. The molecule has 0 spiro atoms. The van der Waals surface area contributed by atoms with Gasteiger partial charge in [-0.3, -0.25) is 0 Å². The third-order valence-corrected chi connectivity index (χ3v) is 5.11. The highest BCUT2D eigenvalue weighted by molar-refractivity contribution is 5.97. The number of hydrogen-bond acceptors (Lipinski definition) is 3. The van der Waals surface area contributed by atoms with Gasteiger partial charge in [0.05, 0.1) is 11.1 Å². The van der Waals surface area contributed by atoms with Gasteiger partial charge in [0.1, 0.15) is 0 Å². The van der Waals surface area contributed by atoms with Crippen LogP contribution in [0.25, 0.3) is 21.9 Å². The molecule has 0 unspecified atom stereocenters. The summed E-state index contributed by atoms with van der Waals surface area (Å²) in [4.78, 5) is 21.2. The molecule has 0 aliphatic carbocycles. The molecule has 0 fully saturated rings. The molecule has 5 nitrogen and oxygen atoms in total. The molecule has 4 rings (SSSR count). The second-order valence-corrected chi connectivity index (χ2v) is 6.98. The second kappa shape index (κ2) is 9.69. The van der Waals surface area contributed by atoms with E-state index in [1.165, 1.54) is 52.6 Å². The van der Waals surface area contributed by atoms with Crippen LogP contribution in [0.2, 0.25) is 0 Å². The van der Waals surface area contributed by atoms with Crippen molar-refractivity contribution in [3.63, 3.8) is 0 Å². The Bertz CT molecular complexity index is 1210. The number of benzene rings is 4. The van der Waals surface area contributed by atoms with Crippen molar-refractivity contribution in [3.8, 4) is 11.1 Å². The highest BCUT2D eigenvalue weighted by atomic mass is 16.4. The van der Waals surface area contributed by atoms with Crippen LogP contribution < -0.4 is 5.73 Å². The van der Waals surface area contributed by atoms with E-state index in [4.69, 9.17) is 15.9 Å². The number of carboxylic acid groups (broad SMARTS) is 2. The predicted molar refractivity (Wildman–Crippen MR) is 122 cm³/mol. The molecule has 156 valence electrons. The molecule has 0 radical (unpaired) electrons. The minimum absolute atomic E-state index is 0.0277. The molecule has 4 aromatic rings. The Hall–Kier alpha value is -3.96. The molecule has 0 aliphatic heterocycles. The molecular weight excluding hydrogens is 390 g/mol. The summed E-state index contributed by atoms with van der Waals surface area (Å²) in [5, 5.41) is 19.9. The molecule has 5 heteroatoms. The van der Waals surface area contributed by atoms with Gasteiger partial charge in [-0.05, 0) is 52.1 Å². The summed E-state index contributed by atoms with van der Waals surface area (Å²) >= 11 is 0. The van der Waals surface area contributed by atoms with E-state index in [-0.39, 0.29) is 16.7 Å². The summed E-state index contributed by atoms with van der Waals surface area (Å²) in [5.74, 6) is -2.22. The van der Waals surface area contributed by atoms with Crippen molar-refractivity contribution in [2.75, 3.05) is 0 Å². The van der Waals surface area contributed by atoms with Crippen LogP contribution in [0.5, 0.6) is 0 Å². The molecule has 0 saturated heterocycles. The Morgan fingerprint density at radius 1 is 0.710 bits per heavy atom. The van der Waals surface area contributed by atoms with Crippen LogP contribution in [-0.4, -0.2) is 22.2 Å². The van der Waals surface area contributed by atoms with E-state index in [1.807, 2.05) is 6.07 Å². The number of fused-ring (bicyclic) bond motifs is 1. The maximum Gasteiger partial charge on any atom is 0.335 e. The Balaban J connectivity index is 0.000000187. The summed E-state index contributed by atoms with van der Waals surface area (Å²) in [6.07, 6.45) is 0. The summed E-state index contributed by atoms with van der Waals surface area (Å²) in [6, 6.07) is 27.4. The maximum absolute atomic E-state index is 10.6. The number of rotatable bonds is 4. The van der Waals surface area contributed by atoms with Gasteiger partial charge in [-0.15, -0.1) is 0 Å². The largest absolute Gasteiger partial charge is 0.478 e. The van der Waals surface area contributed by atoms with Gasteiger partial charge in [0, 0.05) is 6.54 Å². The smallest absolute Gasteiger partial charge is 0.335 e. The van der Waals surface area contributed by atoms with E-state index in [0.717, 1.165) is 0 Å². The first-order chi connectivity index (χ1) is 14.9. The first kappa shape index (κ1) is 21.7. The van der Waals surface area contributed by atoms with Crippen molar-refractivity contribution < 1.29 is 19.8 Å². The lowest BCUT2D eigenvalue weighted by molar-refractivity contribution is 0.0696. The van der Waals surface area contributed by atoms with E-state index < -0.39 is 11.9 Å². The quantitative estimate of drug-likeness (QED) is 0.418. The van der Waals surface area contributed by atoms with Gasteiger partial charge in [0.15, 0.2) is 0 Å². The van der Waals surface area contributed by atoms with Crippen LogP contribution in [0.3, 0.4) is 0 Å². The zero-order valence-electron chi connectivity index (χ0n) is 17.1. The van der Waals surface area contributed by atoms with Crippen LogP contribution in [0.4, 0.5) is 0 Å². The van der Waals surface area contributed by atoms with Crippen LogP contribution >= 0.6 is 0 Å². The van der Waals surface area contributed by atoms with Gasteiger partial charge in [-0.2, -0.15) is 0 Å². The third kappa shape index (κ3) is 4.79. The standard InChI is InChI=1S/C17H15N.C9H8O4/c18-12-14-7-2-4-10-16(14)17-11-5-8-13-6-1-3-9-15(13)17;1-5-6(8(10)11)3-2-4-7(5)9(12)13/h1-11H,12,18H2;2-4H,1H3,(H,10,11)(H,12,13). The Morgan fingerprint density at radius 3 is 1.87 bits per heavy atom. The van der Waals surface area contributed by atoms with Crippen molar-refractivity contribution >= 4 is 22.7 Å².